The lowest BCUT2D eigenvalue weighted by Gasteiger charge is -2.14. The van der Waals surface area contributed by atoms with E-state index in [-0.39, 0.29) is 28.9 Å². The first-order chi connectivity index (χ1) is 14.5. The molecule has 1 radical (unpaired) electrons. The number of halogens is 3. The quantitative estimate of drug-likeness (QED) is 0.568. The molecular formula is C22H20ClF2N4O. The molecule has 155 valence electrons. The molecule has 2 aromatic carbocycles. The summed E-state index contributed by atoms with van der Waals surface area (Å²) in [6, 6.07) is 9.84. The average Bonchev–Trinajstić information content (AvgIpc) is 3.25. The smallest absolute Gasteiger partial charge is 0.258 e. The van der Waals surface area contributed by atoms with Gasteiger partial charge >= 0.3 is 0 Å². The second-order valence-electron chi connectivity index (χ2n) is 7.05. The standard InChI is InChI=1S/C22H20ClF2N4O/c23-20-16(17(24)6-7-18(20)25)13-30-22-21(26)27-11-19(28-22)15-5-3-4-14(10-15)12-29-8-1-2-9-29/h3-7,10-12H,1-2,8-9,13H2,(H2,26,27). The van der Waals surface area contributed by atoms with Gasteiger partial charge in [0.25, 0.3) is 5.88 Å². The van der Waals surface area contributed by atoms with Gasteiger partial charge in [0.1, 0.15) is 18.2 Å². The van der Waals surface area contributed by atoms with E-state index in [4.69, 9.17) is 22.1 Å². The molecule has 0 amide bonds. The van der Waals surface area contributed by atoms with Crippen LogP contribution >= 0.6 is 11.6 Å². The predicted molar refractivity (Wildman–Crippen MR) is 112 cm³/mol. The Hall–Kier alpha value is -2.77. The number of nitrogen functional groups attached to an aromatic ring is 1. The molecule has 5 nitrogen and oxygen atoms in total. The fraction of sp³-hybridized carbons (Fsp3) is 0.227. The SMILES string of the molecule is Nc1ncc(-c2cccc([CH]N3CCCC3)c2)nc1OCc1c(F)ccc(F)c1Cl. The first-order valence-electron chi connectivity index (χ1n) is 9.58. The summed E-state index contributed by atoms with van der Waals surface area (Å²) in [5.74, 6) is -1.32. The van der Waals surface area contributed by atoms with E-state index in [2.05, 4.69) is 21.4 Å². The maximum atomic E-state index is 14.0. The van der Waals surface area contributed by atoms with Crippen molar-refractivity contribution < 1.29 is 13.5 Å². The summed E-state index contributed by atoms with van der Waals surface area (Å²) in [4.78, 5) is 10.8. The van der Waals surface area contributed by atoms with Crippen molar-refractivity contribution in [1.29, 1.82) is 0 Å². The third kappa shape index (κ3) is 4.52. The minimum atomic E-state index is -0.726. The van der Waals surface area contributed by atoms with Crippen LogP contribution in [0.25, 0.3) is 11.3 Å². The summed E-state index contributed by atoms with van der Waals surface area (Å²) in [6.45, 7) is 3.92. The molecule has 0 spiro atoms. The second-order valence-corrected chi connectivity index (χ2v) is 7.43. The number of ether oxygens (including phenoxy) is 1. The molecule has 0 atom stereocenters. The Labute approximate surface area is 178 Å². The van der Waals surface area contributed by atoms with E-state index in [1.807, 2.05) is 24.3 Å². The molecule has 1 aliphatic rings. The monoisotopic (exact) mass is 429 g/mol. The van der Waals surface area contributed by atoms with Gasteiger partial charge in [0, 0.05) is 11.1 Å². The molecule has 8 heteroatoms. The molecule has 1 fully saturated rings. The van der Waals surface area contributed by atoms with Gasteiger partial charge in [-0.3, -0.25) is 4.90 Å². The molecule has 30 heavy (non-hydrogen) atoms. The number of hydrogen-bond acceptors (Lipinski definition) is 5. The lowest BCUT2D eigenvalue weighted by Crippen LogP contribution is -2.16. The van der Waals surface area contributed by atoms with Crippen LogP contribution in [0.3, 0.4) is 0 Å². The molecule has 2 N–H and O–H groups in total. The van der Waals surface area contributed by atoms with E-state index in [0.29, 0.717) is 5.69 Å². The zero-order valence-corrected chi connectivity index (χ0v) is 16.9. The van der Waals surface area contributed by atoms with Gasteiger partial charge in [0.15, 0.2) is 5.82 Å². The number of hydrogen-bond donors (Lipinski definition) is 1. The number of nitrogens with two attached hydrogens (primary N) is 1. The van der Waals surface area contributed by atoms with Crippen LogP contribution in [0, 0.1) is 18.2 Å². The molecule has 1 aliphatic heterocycles. The number of nitrogens with zero attached hydrogens (tertiary/aromatic N) is 3. The first kappa shape index (κ1) is 20.5. The summed E-state index contributed by atoms with van der Waals surface area (Å²) in [6.07, 6.45) is 3.96. The number of anilines is 1. The van der Waals surface area contributed by atoms with Crippen LogP contribution in [0.1, 0.15) is 24.0 Å². The van der Waals surface area contributed by atoms with Crippen molar-refractivity contribution in [2.75, 3.05) is 18.8 Å². The van der Waals surface area contributed by atoms with Gasteiger partial charge in [0.2, 0.25) is 0 Å². The lowest BCUT2D eigenvalue weighted by atomic mass is 10.1. The van der Waals surface area contributed by atoms with Crippen LogP contribution in [-0.2, 0) is 6.61 Å². The average molecular weight is 430 g/mol. The highest BCUT2D eigenvalue weighted by Crippen LogP contribution is 2.28. The van der Waals surface area contributed by atoms with Gasteiger partial charge in [-0.2, -0.15) is 0 Å². The molecule has 4 rings (SSSR count). The minimum absolute atomic E-state index is 0.0288. The third-order valence-electron chi connectivity index (χ3n) is 4.91. The fourth-order valence-electron chi connectivity index (χ4n) is 3.33. The van der Waals surface area contributed by atoms with Crippen LogP contribution in [0.15, 0.2) is 42.6 Å². The van der Waals surface area contributed by atoms with Crippen molar-refractivity contribution in [2.24, 2.45) is 0 Å². The van der Waals surface area contributed by atoms with E-state index in [1.54, 1.807) is 6.20 Å². The second kappa shape index (κ2) is 8.93. The highest BCUT2D eigenvalue weighted by atomic mass is 35.5. The molecule has 0 aliphatic carbocycles. The van der Waals surface area contributed by atoms with Crippen LogP contribution < -0.4 is 10.5 Å². The minimum Gasteiger partial charge on any atom is -0.470 e. The summed E-state index contributed by atoms with van der Waals surface area (Å²) in [5, 5.41) is -0.331. The third-order valence-corrected chi connectivity index (χ3v) is 5.32. The van der Waals surface area contributed by atoms with Crippen molar-refractivity contribution in [3.05, 3.63) is 76.9 Å². The van der Waals surface area contributed by atoms with E-state index in [9.17, 15) is 8.78 Å². The number of benzene rings is 2. The van der Waals surface area contributed by atoms with Crippen LogP contribution in [-0.4, -0.2) is 28.0 Å². The van der Waals surface area contributed by atoms with Crippen LogP contribution in [0.5, 0.6) is 5.88 Å². The zero-order chi connectivity index (χ0) is 21.1. The summed E-state index contributed by atoms with van der Waals surface area (Å²) in [5.41, 5.74) is 8.22. The lowest BCUT2D eigenvalue weighted by molar-refractivity contribution is 0.288. The fourth-order valence-corrected chi connectivity index (χ4v) is 3.54. The number of likely N-dealkylation sites (tertiary alicyclic amines) is 1. The Morgan fingerprint density at radius 3 is 2.70 bits per heavy atom. The Kier molecular flexibility index (Phi) is 6.11. The summed E-state index contributed by atoms with van der Waals surface area (Å²) >= 11 is 5.85. The molecule has 0 saturated carbocycles. The summed E-state index contributed by atoms with van der Waals surface area (Å²) in [7, 11) is 0. The van der Waals surface area contributed by atoms with Crippen LogP contribution in [0.4, 0.5) is 14.6 Å². The Balaban J connectivity index is 1.54. The topological polar surface area (TPSA) is 64.3 Å². The molecule has 1 aromatic heterocycles. The van der Waals surface area contributed by atoms with Gasteiger partial charge in [0.05, 0.1) is 23.5 Å². The molecule has 3 aromatic rings. The first-order valence-corrected chi connectivity index (χ1v) is 9.96. The van der Waals surface area contributed by atoms with E-state index in [1.165, 1.54) is 12.8 Å². The largest absolute Gasteiger partial charge is 0.470 e. The summed E-state index contributed by atoms with van der Waals surface area (Å²) < 4.78 is 33.1. The highest BCUT2D eigenvalue weighted by Gasteiger charge is 2.16. The molecule has 1 saturated heterocycles. The molecule has 0 bridgehead atoms. The maximum absolute atomic E-state index is 14.0. The van der Waals surface area contributed by atoms with Crippen molar-refractivity contribution in [2.45, 2.75) is 19.4 Å². The van der Waals surface area contributed by atoms with Gasteiger partial charge < -0.3 is 10.5 Å². The van der Waals surface area contributed by atoms with E-state index in [0.717, 1.165) is 36.3 Å². The highest BCUT2D eigenvalue weighted by molar-refractivity contribution is 6.31. The van der Waals surface area contributed by atoms with E-state index >= 15 is 0 Å². The van der Waals surface area contributed by atoms with Crippen molar-refractivity contribution >= 4 is 17.4 Å². The Morgan fingerprint density at radius 1 is 1.13 bits per heavy atom. The molecule has 2 heterocycles. The molecular weight excluding hydrogens is 410 g/mol. The normalized spacial score (nSPS) is 14.2. The van der Waals surface area contributed by atoms with Crippen molar-refractivity contribution in [1.82, 2.24) is 14.9 Å². The Morgan fingerprint density at radius 2 is 1.90 bits per heavy atom. The van der Waals surface area contributed by atoms with Crippen molar-refractivity contribution in [3.8, 4) is 17.1 Å². The maximum Gasteiger partial charge on any atom is 0.258 e. The zero-order valence-electron chi connectivity index (χ0n) is 16.1. The Bertz CT molecular complexity index is 1060. The predicted octanol–water partition coefficient (Wildman–Crippen LogP) is 4.84. The van der Waals surface area contributed by atoms with Gasteiger partial charge in [-0.1, -0.05) is 29.8 Å². The molecule has 0 unspecified atom stereocenters. The van der Waals surface area contributed by atoms with Crippen molar-refractivity contribution in [3.63, 3.8) is 0 Å². The van der Waals surface area contributed by atoms with Gasteiger partial charge in [-0.25, -0.2) is 18.7 Å². The number of aromatic nitrogens is 2. The van der Waals surface area contributed by atoms with Gasteiger partial charge in [-0.15, -0.1) is 0 Å². The van der Waals surface area contributed by atoms with Crippen LogP contribution in [0.2, 0.25) is 5.02 Å². The van der Waals surface area contributed by atoms with Gasteiger partial charge in [-0.05, 0) is 49.7 Å². The van der Waals surface area contributed by atoms with E-state index < -0.39 is 11.6 Å². The number of rotatable bonds is 6.